The molecule has 1 spiro atoms. The van der Waals surface area contributed by atoms with Crippen LogP contribution in [0.25, 0.3) is 0 Å². The van der Waals surface area contributed by atoms with Gasteiger partial charge in [0.05, 0.1) is 19.8 Å². The lowest BCUT2D eigenvalue weighted by Gasteiger charge is -2.52. The normalized spacial score (nSPS) is 27.9. The zero-order valence-electron chi connectivity index (χ0n) is 15.3. The van der Waals surface area contributed by atoms with Crippen molar-refractivity contribution < 1.29 is 23.0 Å². The first-order valence-electron chi connectivity index (χ1n) is 9.65. The largest absolute Gasteiger partial charge is 0.490 e. The van der Waals surface area contributed by atoms with Crippen LogP contribution in [0.2, 0.25) is 5.02 Å². The molecule has 28 heavy (non-hydrogen) atoms. The fourth-order valence-electron chi connectivity index (χ4n) is 5.21. The summed E-state index contributed by atoms with van der Waals surface area (Å²) in [6.45, 7) is 1.45. The third-order valence-corrected chi connectivity index (χ3v) is 6.77. The van der Waals surface area contributed by atoms with Gasteiger partial charge in [-0.2, -0.15) is 0 Å². The summed E-state index contributed by atoms with van der Waals surface area (Å²) in [7, 11) is 0. The first-order chi connectivity index (χ1) is 13.5. The molecule has 0 radical (unpaired) electrons. The summed E-state index contributed by atoms with van der Waals surface area (Å²) >= 11 is 6.04. The maximum atomic E-state index is 15.1. The fourth-order valence-corrected chi connectivity index (χ4v) is 5.33. The van der Waals surface area contributed by atoms with Crippen molar-refractivity contribution in [2.24, 2.45) is 5.92 Å². The molecule has 1 aliphatic carbocycles. The van der Waals surface area contributed by atoms with Crippen LogP contribution in [0, 0.1) is 17.6 Å². The quantitative estimate of drug-likeness (QED) is 0.699. The first kappa shape index (κ1) is 18.3. The van der Waals surface area contributed by atoms with Crippen LogP contribution in [-0.2, 0) is 21.3 Å². The third-order valence-electron chi connectivity index (χ3n) is 6.52. The van der Waals surface area contributed by atoms with Crippen LogP contribution in [0.3, 0.4) is 0 Å². The molecule has 2 atom stereocenters. The van der Waals surface area contributed by atoms with Crippen molar-refractivity contribution in [1.29, 1.82) is 0 Å². The van der Waals surface area contributed by atoms with Gasteiger partial charge in [0.2, 0.25) is 0 Å². The molecule has 5 rings (SSSR count). The molecule has 6 heteroatoms. The lowest BCUT2D eigenvalue weighted by atomic mass is 9.57. The molecule has 0 amide bonds. The van der Waals surface area contributed by atoms with Gasteiger partial charge in [0, 0.05) is 34.8 Å². The van der Waals surface area contributed by atoms with Gasteiger partial charge in [-0.15, -0.1) is 0 Å². The van der Waals surface area contributed by atoms with E-state index in [1.54, 1.807) is 0 Å². The summed E-state index contributed by atoms with van der Waals surface area (Å²) in [5.41, 5.74) is 0.815. The average molecular weight is 407 g/mol. The molecule has 2 aliphatic heterocycles. The summed E-state index contributed by atoms with van der Waals surface area (Å²) < 4.78 is 47.2. The number of rotatable bonds is 2. The van der Waals surface area contributed by atoms with E-state index in [1.807, 2.05) is 24.3 Å². The second kappa shape index (κ2) is 6.68. The molecule has 0 aromatic heterocycles. The molecule has 1 saturated carbocycles. The highest BCUT2D eigenvalue weighted by molar-refractivity contribution is 6.30. The zero-order chi connectivity index (χ0) is 19.4. The number of hydrogen-bond acceptors (Lipinski definition) is 3. The molecule has 2 fully saturated rings. The Morgan fingerprint density at radius 2 is 1.68 bits per heavy atom. The summed E-state index contributed by atoms with van der Waals surface area (Å²) in [6, 6.07) is 9.91. The molecule has 148 valence electrons. The molecule has 3 nitrogen and oxygen atoms in total. The van der Waals surface area contributed by atoms with Gasteiger partial charge in [-0.05, 0) is 42.7 Å². The molecule has 0 unspecified atom stereocenters. The molecule has 2 aromatic carbocycles. The Hall–Kier alpha value is -1.69. The smallest absolute Gasteiger partial charge is 0.168 e. The predicted octanol–water partition coefficient (Wildman–Crippen LogP) is 5.03. The summed E-state index contributed by atoms with van der Waals surface area (Å²) in [4.78, 5) is 0. The average Bonchev–Trinajstić information content (AvgIpc) is 3.15. The van der Waals surface area contributed by atoms with Gasteiger partial charge in [0.25, 0.3) is 0 Å². The maximum absolute atomic E-state index is 15.1. The van der Waals surface area contributed by atoms with E-state index in [-0.39, 0.29) is 11.7 Å². The molecule has 0 bridgehead atoms. The minimum atomic E-state index is -0.626. The Bertz CT molecular complexity index is 895. The van der Waals surface area contributed by atoms with Crippen molar-refractivity contribution in [2.75, 3.05) is 19.8 Å². The number of hydrogen-bond donors (Lipinski definition) is 0. The summed E-state index contributed by atoms with van der Waals surface area (Å²) in [5, 5.41) is 0.651. The number of fused-ring (bicyclic) bond motifs is 3. The molecule has 3 aliphatic rings. The summed E-state index contributed by atoms with van der Waals surface area (Å²) in [6.07, 6.45) is 2.47. The highest BCUT2D eigenvalue weighted by atomic mass is 35.5. The van der Waals surface area contributed by atoms with Crippen LogP contribution < -0.4 is 4.74 Å². The maximum Gasteiger partial charge on any atom is 0.168 e. The molecule has 1 saturated heterocycles. The highest BCUT2D eigenvalue weighted by Crippen LogP contribution is 2.56. The SMILES string of the molecule is Fc1ccc(F)c2c1OC[C@H]1CC3(CC[C@@]21Cc1ccc(Cl)cc1)OCCO3. The van der Waals surface area contributed by atoms with Gasteiger partial charge < -0.3 is 14.2 Å². The van der Waals surface area contributed by atoms with E-state index in [2.05, 4.69) is 0 Å². The molecular formula is C22H21ClF2O3. The number of benzene rings is 2. The van der Waals surface area contributed by atoms with Crippen molar-refractivity contribution in [3.05, 3.63) is 64.2 Å². The van der Waals surface area contributed by atoms with Gasteiger partial charge in [0.15, 0.2) is 17.4 Å². The monoisotopic (exact) mass is 406 g/mol. The van der Waals surface area contributed by atoms with E-state index < -0.39 is 22.8 Å². The Balaban J connectivity index is 1.62. The Morgan fingerprint density at radius 3 is 2.43 bits per heavy atom. The van der Waals surface area contributed by atoms with Crippen molar-refractivity contribution in [3.63, 3.8) is 0 Å². The Labute approximate surface area is 167 Å². The van der Waals surface area contributed by atoms with Crippen molar-refractivity contribution in [2.45, 2.75) is 36.9 Å². The van der Waals surface area contributed by atoms with Crippen LogP contribution in [0.1, 0.15) is 30.4 Å². The van der Waals surface area contributed by atoms with Crippen LogP contribution in [0.5, 0.6) is 5.75 Å². The second-order valence-corrected chi connectivity index (χ2v) is 8.45. The Morgan fingerprint density at radius 1 is 0.964 bits per heavy atom. The number of halogens is 3. The van der Waals surface area contributed by atoms with Crippen LogP contribution in [-0.4, -0.2) is 25.6 Å². The summed E-state index contributed by atoms with van der Waals surface area (Å²) in [5.74, 6) is -1.55. The standard InChI is InChI=1S/C22H21ClF2O3/c23-16-3-1-14(2-4-16)11-21-7-8-22(27-9-10-28-22)12-15(21)13-26-20-18(25)6-5-17(24)19(20)21/h1-6,15H,7-13H2/t15-,21+/m1/s1. The topological polar surface area (TPSA) is 27.7 Å². The molecule has 2 heterocycles. The molecular weight excluding hydrogens is 386 g/mol. The van der Waals surface area contributed by atoms with Crippen LogP contribution >= 0.6 is 11.6 Å². The number of ether oxygens (including phenoxy) is 3. The second-order valence-electron chi connectivity index (χ2n) is 8.01. The van der Waals surface area contributed by atoms with E-state index >= 15 is 4.39 Å². The van der Waals surface area contributed by atoms with E-state index in [0.717, 1.165) is 11.6 Å². The lowest BCUT2D eigenvalue weighted by molar-refractivity contribution is -0.203. The van der Waals surface area contributed by atoms with Gasteiger partial charge in [-0.1, -0.05) is 23.7 Å². The van der Waals surface area contributed by atoms with Crippen LogP contribution in [0.15, 0.2) is 36.4 Å². The van der Waals surface area contributed by atoms with Crippen molar-refractivity contribution in [3.8, 4) is 5.75 Å². The van der Waals surface area contributed by atoms with Crippen molar-refractivity contribution in [1.82, 2.24) is 0 Å². The van der Waals surface area contributed by atoms with E-state index in [0.29, 0.717) is 56.1 Å². The van der Waals surface area contributed by atoms with E-state index in [9.17, 15) is 4.39 Å². The van der Waals surface area contributed by atoms with Crippen LogP contribution in [0.4, 0.5) is 8.78 Å². The third kappa shape index (κ3) is 2.83. The fraction of sp³-hybridized carbons (Fsp3) is 0.455. The minimum Gasteiger partial charge on any atom is -0.490 e. The zero-order valence-corrected chi connectivity index (χ0v) is 16.1. The minimum absolute atomic E-state index is 0.0428. The lowest BCUT2D eigenvalue weighted by Crippen LogP contribution is -2.54. The van der Waals surface area contributed by atoms with E-state index in [1.165, 1.54) is 6.07 Å². The highest BCUT2D eigenvalue weighted by Gasteiger charge is 2.56. The van der Waals surface area contributed by atoms with E-state index in [4.69, 9.17) is 25.8 Å². The van der Waals surface area contributed by atoms with Crippen molar-refractivity contribution >= 4 is 11.6 Å². The predicted molar refractivity (Wildman–Crippen MR) is 101 cm³/mol. The molecule has 2 aromatic rings. The Kier molecular flexibility index (Phi) is 4.38. The molecule has 0 N–H and O–H groups in total. The van der Waals surface area contributed by atoms with Gasteiger partial charge in [-0.25, -0.2) is 8.78 Å². The first-order valence-corrected chi connectivity index (χ1v) is 10.0. The van der Waals surface area contributed by atoms with Gasteiger partial charge in [-0.3, -0.25) is 0 Å². The van der Waals surface area contributed by atoms with Gasteiger partial charge >= 0.3 is 0 Å². The van der Waals surface area contributed by atoms with Gasteiger partial charge in [0.1, 0.15) is 5.82 Å².